The molecule has 2 aromatic heterocycles. The van der Waals surface area contributed by atoms with E-state index in [2.05, 4.69) is 20.4 Å². The summed E-state index contributed by atoms with van der Waals surface area (Å²) in [5.74, 6) is 1.04. The number of benzene rings is 1. The molecular weight excluding hydrogens is 342 g/mol. The van der Waals surface area contributed by atoms with Crippen molar-refractivity contribution in [2.45, 2.75) is 33.2 Å². The number of carbonyl (C=O) groups is 1. The maximum atomic E-state index is 12.5. The van der Waals surface area contributed by atoms with Crippen molar-refractivity contribution in [2.24, 2.45) is 0 Å². The number of carbonyl (C=O) groups excluding carboxylic acids is 1. The number of hydrogen-bond donors (Lipinski definition) is 1. The van der Waals surface area contributed by atoms with Gasteiger partial charge in [0.25, 0.3) is 5.89 Å². The average molecular weight is 365 g/mol. The third kappa shape index (κ3) is 4.69. The molecule has 1 aromatic carbocycles. The van der Waals surface area contributed by atoms with Gasteiger partial charge in [-0.1, -0.05) is 5.16 Å². The second kappa shape index (κ2) is 7.99. The van der Waals surface area contributed by atoms with Crippen LogP contribution in [-0.4, -0.2) is 39.1 Å². The van der Waals surface area contributed by atoms with Gasteiger partial charge in [-0.25, -0.2) is 4.79 Å². The first kappa shape index (κ1) is 18.6. The van der Waals surface area contributed by atoms with Gasteiger partial charge in [-0.05, 0) is 62.7 Å². The molecule has 0 aliphatic carbocycles. The van der Waals surface area contributed by atoms with Gasteiger partial charge in [-0.2, -0.15) is 4.98 Å². The van der Waals surface area contributed by atoms with Gasteiger partial charge >= 0.3 is 6.03 Å². The maximum Gasteiger partial charge on any atom is 0.321 e. The van der Waals surface area contributed by atoms with Crippen LogP contribution in [0.4, 0.5) is 10.5 Å². The summed E-state index contributed by atoms with van der Waals surface area (Å²) in [6.45, 7) is 5.81. The van der Waals surface area contributed by atoms with E-state index in [-0.39, 0.29) is 12.1 Å². The summed E-state index contributed by atoms with van der Waals surface area (Å²) < 4.78 is 5.14. The third-order valence-corrected chi connectivity index (χ3v) is 4.37. The monoisotopic (exact) mass is 365 g/mol. The van der Waals surface area contributed by atoms with Crippen LogP contribution >= 0.6 is 0 Å². The number of aryl methyl sites for hydroxylation is 2. The minimum Gasteiger partial charge on any atom is -0.334 e. The minimum atomic E-state index is -0.170. The summed E-state index contributed by atoms with van der Waals surface area (Å²) in [6, 6.07) is 11.1. The molecule has 7 heteroatoms. The maximum absolute atomic E-state index is 12.5. The molecule has 0 aliphatic heterocycles. The van der Waals surface area contributed by atoms with Gasteiger partial charge in [0.2, 0.25) is 0 Å². The van der Waals surface area contributed by atoms with E-state index in [1.807, 2.05) is 50.2 Å². The molecule has 27 heavy (non-hydrogen) atoms. The van der Waals surface area contributed by atoms with E-state index in [0.29, 0.717) is 23.8 Å². The van der Waals surface area contributed by atoms with E-state index in [4.69, 9.17) is 4.52 Å². The number of anilines is 1. The lowest BCUT2D eigenvalue weighted by Crippen LogP contribution is -2.39. The number of pyridine rings is 1. The van der Waals surface area contributed by atoms with Crippen LogP contribution in [-0.2, 0) is 6.42 Å². The van der Waals surface area contributed by atoms with E-state index < -0.39 is 0 Å². The first-order chi connectivity index (χ1) is 12.9. The summed E-state index contributed by atoms with van der Waals surface area (Å²) in [5, 5.41) is 6.68. The molecule has 0 fully saturated rings. The Balaban J connectivity index is 1.60. The Morgan fingerprint density at radius 3 is 2.59 bits per heavy atom. The Labute approximate surface area is 158 Å². The van der Waals surface area contributed by atoms with Gasteiger partial charge in [0.05, 0.1) is 0 Å². The summed E-state index contributed by atoms with van der Waals surface area (Å²) in [7, 11) is 1.78. The van der Waals surface area contributed by atoms with Crippen LogP contribution in [0, 0.1) is 13.8 Å². The number of rotatable bonds is 5. The number of nitrogens with zero attached hydrogens (tertiary/aromatic N) is 4. The quantitative estimate of drug-likeness (QED) is 0.742. The number of nitrogens with one attached hydrogen (secondary N) is 1. The summed E-state index contributed by atoms with van der Waals surface area (Å²) >= 11 is 0. The summed E-state index contributed by atoms with van der Waals surface area (Å²) in [6.07, 6.45) is 2.49. The van der Waals surface area contributed by atoms with Crippen LogP contribution < -0.4 is 5.32 Å². The van der Waals surface area contributed by atoms with Gasteiger partial charge in [0, 0.05) is 42.7 Å². The zero-order valence-electron chi connectivity index (χ0n) is 15.9. The molecule has 3 aromatic rings. The van der Waals surface area contributed by atoms with E-state index in [9.17, 15) is 4.79 Å². The first-order valence-corrected chi connectivity index (χ1v) is 8.78. The standard InChI is InChI=1S/C20H23N5O2/c1-13-9-10-21-18(11-13)12-14(2)25(4)20(26)23-17-7-5-16(6-8-17)19-22-15(3)24-27-19/h5-11,14H,12H2,1-4H3,(H,23,26)/t14-/m0/s1. The van der Waals surface area contributed by atoms with Crippen LogP contribution in [0.15, 0.2) is 47.1 Å². The van der Waals surface area contributed by atoms with Gasteiger partial charge in [-0.15, -0.1) is 0 Å². The Morgan fingerprint density at radius 1 is 1.22 bits per heavy atom. The van der Waals surface area contributed by atoms with Gasteiger partial charge in [-0.3, -0.25) is 4.98 Å². The molecule has 0 saturated carbocycles. The Hall–Kier alpha value is -3.22. The first-order valence-electron chi connectivity index (χ1n) is 8.78. The topological polar surface area (TPSA) is 84.2 Å². The second-order valence-corrected chi connectivity index (χ2v) is 6.64. The fourth-order valence-corrected chi connectivity index (χ4v) is 2.67. The molecule has 0 bridgehead atoms. The van der Waals surface area contributed by atoms with Crippen molar-refractivity contribution in [3.63, 3.8) is 0 Å². The molecule has 0 saturated heterocycles. The lowest BCUT2D eigenvalue weighted by Gasteiger charge is -2.25. The molecule has 1 N–H and O–H groups in total. The Bertz CT molecular complexity index is 920. The molecule has 0 spiro atoms. The number of aromatic nitrogens is 3. The van der Waals surface area contributed by atoms with E-state index in [0.717, 1.165) is 16.8 Å². The highest BCUT2D eigenvalue weighted by Crippen LogP contribution is 2.20. The summed E-state index contributed by atoms with van der Waals surface area (Å²) in [4.78, 5) is 22.8. The number of amides is 2. The number of hydrogen-bond acceptors (Lipinski definition) is 5. The predicted octanol–water partition coefficient (Wildman–Crippen LogP) is 3.84. The van der Waals surface area contributed by atoms with Crippen molar-refractivity contribution >= 4 is 11.7 Å². The molecule has 0 aliphatic rings. The smallest absolute Gasteiger partial charge is 0.321 e. The Kier molecular flexibility index (Phi) is 5.49. The van der Waals surface area contributed by atoms with Gasteiger partial charge in [0.1, 0.15) is 0 Å². The normalized spacial score (nSPS) is 11.9. The van der Waals surface area contributed by atoms with Crippen LogP contribution in [0.5, 0.6) is 0 Å². The number of likely N-dealkylation sites (N-methyl/N-ethyl adjacent to an activating group) is 1. The molecule has 140 valence electrons. The largest absolute Gasteiger partial charge is 0.334 e. The molecule has 7 nitrogen and oxygen atoms in total. The SMILES string of the molecule is Cc1ccnc(C[C@H](C)N(C)C(=O)Nc2ccc(-c3nc(C)no3)cc2)c1. The molecule has 0 unspecified atom stereocenters. The van der Waals surface area contributed by atoms with Crippen LogP contribution in [0.2, 0.25) is 0 Å². The van der Waals surface area contributed by atoms with Gasteiger partial charge < -0.3 is 14.7 Å². The molecule has 2 heterocycles. The Morgan fingerprint density at radius 2 is 1.96 bits per heavy atom. The molecule has 0 radical (unpaired) electrons. The van der Waals surface area contributed by atoms with Crippen molar-refractivity contribution in [3.05, 3.63) is 59.7 Å². The van der Waals surface area contributed by atoms with E-state index in [1.165, 1.54) is 0 Å². The zero-order chi connectivity index (χ0) is 19.4. The van der Waals surface area contributed by atoms with Crippen molar-refractivity contribution in [1.82, 2.24) is 20.0 Å². The highest BCUT2D eigenvalue weighted by atomic mass is 16.5. The highest BCUT2D eigenvalue weighted by Gasteiger charge is 2.17. The summed E-state index contributed by atoms with van der Waals surface area (Å²) in [5.41, 5.74) is 3.64. The van der Waals surface area contributed by atoms with Crippen LogP contribution in [0.25, 0.3) is 11.5 Å². The second-order valence-electron chi connectivity index (χ2n) is 6.64. The van der Waals surface area contributed by atoms with Gasteiger partial charge in [0.15, 0.2) is 5.82 Å². The third-order valence-electron chi connectivity index (χ3n) is 4.37. The zero-order valence-corrected chi connectivity index (χ0v) is 15.9. The van der Waals surface area contributed by atoms with E-state index >= 15 is 0 Å². The average Bonchev–Trinajstić information content (AvgIpc) is 3.08. The molecule has 1 atom stereocenters. The van der Waals surface area contributed by atoms with E-state index in [1.54, 1.807) is 25.1 Å². The minimum absolute atomic E-state index is 0.0138. The lowest BCUT2D eigenvalue weighted by molar-refractivity contribution is 0.207. The predicted molar refractivity (Wildman–Crippen MR) is 103 cm³/mol. The van der Waals surface area contributed by atoms with Crippen molar-refractivity contribution in [2.75, 3.05) is 12.4 Å². The van der Waals surface area contributed by atoms with Crippen molar-refractivity contribution in [3.8, 4) is 11.5 Å². The highest BCUT2D eigenvalue weighted by molar-refractivity contribution is 5.89. The lowest BCUT2D eigenvalue weighted by atomic mass is 10.1. The molecule has 2 amide bonds. The fourth-order valence-electron chi connectivity index (χ4n) is 2.67. The van der Waals surface area contributed by atoms with Crippen LogP contribution in [0.3, 0.4) is 0 Å². The van der Waals surface area contributed by atoms with Crippen LogP contribution in [0.1, 0.15) is 24.0 Å². The molecule has 3 rings (SSSR count). The molecular formula is C20H23N5O2. The number of urea groups is 1. The van der Waals surface area contributed by atoms with Crippen molar-refractivity contribution < 1.29 is 9.32 Å². The fraction of sp³-hybridized carbons (Fsp3) is 0.300. The van der Waals surface area contributed by atoms with Crippen molar-refractivity contribution in [1.29, 1.82) is 0 Å².